The third-order valence-electron chi connectivity index (χ3n) is 3.39. The van der Waals surface area contributed by atoms with Crippen molar-refractivity contribution in [1.29, 1.82) is 0 Å². The smallest absolute Gasteiger partial charge is 0.376 e. The summed E-state index contributed by atoms with van der Waals surface area (Å²) in [5.41, 5.74) is 0.981. The predicted octanol–water partition coefficient (Wildman–Crippen LogP) is 4.74. The highest BCUT2D eigenvalue weighted by Crippen LogP contribution is 2.56. The Morgan fingerprint density at radius 1 is 1.43 bits per heavy atom. The van der Waals surface area contributed by atoms with Crippen LogP contribution in [0.5, 0.6) is 5.75 Å². The number of benzene rings is 1. The second-order valence-corrected chi connectivity index (χ2v) is 9.76. The van der Waals surface area contributed by atoms with Gasteiger partial charge >= 0.3 is 6.72 Å². The van der Waals surface area contributed by atoms with Gasteiger partial charge in [0.05, 0.1) is 6.10 Å². The fraction of sp³-hybridized carbons (Fsp3) is 0.600. The molecule has 0 spiro atoms. The number of nitrogens with one attached hydrogen (secondary N) is 1. The van der Waals surface area contributed by atoms with Crippen LogP contribution >= 0.6 is 18.1 Å². The van der Waals surface area contributed by atoms with Crippen LogP contribution in [-0.4, -0.2) is 18.1 Å². The Morgan fingerprint density at radius 3 is 2.86 bits per heavy atom. The molecule has 1 aliphatic rings. The van der Waals surface area contributed by atoms with Crippen LogP contribution in [-0.2, 0) is 9.30 Å². The van der Waals surface area contributed by atoms with Gasteiger partial charge in [-0.2, -0.15) is 0 Å². The summed E-state index contributed by atoms with van der Waals surface area (Å²) in [4.78, 5) is 0. The zero-order valence-electron chi connectivity index (χ0n) is 12.9. The van der Waals surface area contributed by atoms with Crippen molar-refractivity contribution >= 4 is 18.1 Å². The van der Waals surface area contributed by atoms with Crippen LogP contribution in [0.25, 0.3) is 0 Å². The molecule has 1 N–H and O–H groups in total. The van der Waals surface area contributed by atoms with E-state index >= 15 is 0 Å². The lowest BCUT2D eigenvalue weighted by Gasteiger charge is -2.31. The van der Waals surface area contributed by atoms with E-state index in [9.17, 15) is 4.57 Å². The molecule has 3 unspecified atom stereocenters. The van der Waals surface area contributed by atoms with Crippen molar-refractivity contribution in [1.82, 2.24) is 5.09 Å². The number of ether oxygens (including phenoxy) is 1. The van der Waals surface area contributed by atoms with Gasteiger partial charge in [-0.25, -0.2) is 9.65 Å². The van der Waals surface area contributed by atoms with Crippen molar-refractivity contribution in [2.75, 3.05) is 5.75 Å². The molecule has 0 saturated carbocycles. The van der Waals surface area contributed by atoms with E-state index in [1.165, 1.54) is 11.4 Å². The maximum absolute atomic E-state index is 13.1. The van der Waals surface area contributed by atoms with Crippen molar-refractivity contribution in [3.8, 4) is 5.75 Å². The Labute approximate surface area is 131 Å². The van der Waals surface area contributed by atoms with E-state index in [1.807, 2.05) is 45.0 Å². The molecule has 118 valence electrons. The fourth-order valence-corrected chi connectivity index (χ4v) is 5.85. The normalized spacial score (nSPS) is 25.3. The van der Waals surface area contributed by atoms with Crippen molar-refractivity contribution in [3.05, 3.63) is 29.8 Å². The summed E-state index contributed by atoms with van der Waals surface area (Å²) in [6.45, 7) is 2.96. The molecule has 1 saturated heterocycles. The van der Waals surface area contributed by atoms with E-state index in [4.69, 9.17) is 9.26 Å². The molecule has 1 heterocycles. The quantitative estimate of drug-likeness (QED) is 0.764. The highest BCUT2D eigenvalue weighted by molar-refractivity contribution is 8.56. The number of hydrogen-bond donors (Lipinski definition) is 1. The van der Waals surface area contributed by atoms with E-state index < -0.39 is 6.72 Å². The third-order valence-corrected chi connectivity index (χ3v) is 7.36. The minimum Gasteiger partial charge on any atom is -0.425 e. The summed E-state index contributed by atoms with van der Waals surface area (Å²) in [5.74, 6) is 1.39. The van der Waals surface area contributed by atoms with Gasteiger partial charge in [0.25, 0.3) is 0 Å². The topological polar surface area (TPSA) is 47.6 Å². The van der Waals surface area contributed by atoms with E-state index in [-0.39, 0.29) is 12.3 Å². The van der Waals surface area contributed by atoms with Crippen LogP contribution in [0.2, 0.25) is 0 Å². The maximum Gasteiger partial charge on any atom is 0.376 e. The average molecular weight is 329 g/mol. The first-order valence-electron chi connectivity index (χ1n) is 7.45. The van der Waals surface area contributed by atoms with Gasteiger partial charge in [-0.1, -0.05) is 25.1 Å². The lowest BCUT2D eigenvalue weighted by molar-refractivity contribution is -0.0457. The Hall–Kier alpha value is -0.480. The zero-order valence-corrected chi connectivity index (χ0v) is 14.6. The molecular weight excluding hydrogens is 305 g/mol. The molecule has 0 radical (unpaired) electrons. The largest absolute Gasteiger partial charge is 0.425 e. The van der Waals surface area contributed by atoms with E-state index in [0.717, 1.165) is 30.6 Å². The molecule has 0 amide bonds. The van der Waals surface area contributed by atoms with Crippen LogP contribution < -0.4 is 9.61 Å². The molecular formula is C15H24NO3PS. The van der Waals surface area contributed by atoms with Gasteiger partial charge in [0, 0.05) is 5.75 Å². The summed E-state index contributed by atoms with van der Waals surface area (Å²) < 4.78 is 24.7. The Bertz CT molecular complexity index is 511. The second-order valence-electron chi connectivity index (χ2n) is 5.27. The molecule has 1 fully saturated rings. The van der Waals surface area contributed by atoms with Gasteiger partial charge in [-0.05, 0) is 56.1 Å². The lowest BCUT2D eigenvalue weighted by Crippen LogP contribution is -2.36. The first-order chi connectivity index (χ1) is 10.0. The third kappa shape index (κ3) is 5.03. The summed E-state index contributed by atoms with van der Waals surface area (Å²) in [7, 11) is 0. The van der Waals surface area contributed by atoms with Crippen LogP contribution in [0, 0.1) is 6.92 Å². The van der Waals surface area contributed by atoms with Crippen LogP contribution in [0.3, 0.4) is 0 Å². The van der Waals surface area contributed by atoms with Gasteiger partial charge in [0.15, 0.2) is 0 Å². The molecule has 1 aromatic rings. The molecule has 0 aliphatic carbocycles. The monoisotopic (exact) mass is 329 g/mol. The van der Waals surface area contributed by atoms with Crippen LogP contribution in [0.4, 0.5) is 0 Å². The molecule has 1 aromatic carbocycles. The Morgan fingerprint density at radius 2 is 2.19 bits per heavy atom. The van der Waals surface area contributed by atoms with Crippen LogP contribution in [0.15, 0.2) is 24.3 Å². The molecule has 21 heavy (non-hydrogen) atoms. The van der Waals surface area contributed by atoms with Gasteiger partial charge in [-0.15, -0.1) is 0 Å². The molecule has 0 bridgehead atoms. The average Bonchev–Trinajstić information content (AvgIpc) is 2.41. The Kier molecular flexibility index (Phi) is 6.18. The molecule has 3 atom stereocenters. The van der Waals surface area contributed by atoms with Gasteiger partial charge in [-0.3, -0.25) is 0 Å². The SMILES string of the molecule is CCSP(=O)(NC1CCCC(C)O1)Oc1ccccc1C. The number of aryl methyl sites for hydroxylation is 1. The number of para-hydroxylation sites is 1. The van der Waals surface area contributed by atoms with Crippen molar-refractivity contribution in [2.24, 2.45) is 0 Å². The number of rotatable bonds is 6. The van der Waals surface area contributed by atoms with Crippen molar-refractivity contribution in [2.45, 2.75) is 52.4 Å². The number of hydrogen-bond acceptors (Lipinski definition) is 4. The van der Waals surface area contributed by atoms with Gasteiger partial charge < -0.3 is 9.26 Å². The van der Waals surface area contributed by atoms with Crippen molar-refractivity contribution in [3.63, 3.8) is 0 Å². The molecule has 2 rings (SSSR count). The first-order valence-corrected chi connectivity index (χ1v) is 10.7. The second kappa shape index (κ2) is 7.68. The molecule has 0 aromatic heterocycles. The molecule has 4 nitrogen and oxygen atoms in total. The minimum absolute atomic E-state index is 0.192. The summed E-state index contributed by atoms with van der Waals surface area (Å²) in [6.07, 6.45) is 3.02. The maximum atomic E-state index is 13.1. The van der Waals surface area contributed by atoms with E-state index in [1.54, 1.807) is 0 Å². The fourth-order valence-electron chi connectivity index (χ4n) is 2.33. The van der Waals surface area contributed by atoms with Crippen molar-refractivity contribution < 1.29 is 13.8 Å². The summed E-state index contributed by atoms with van der Waals surface area (Å²) in [5, 5.41) is 3.11. The highest BCUT2D eigenvalue weighted by Gasteiger charge is 2.31. The summed E-state index contributed by atoms with van der Waals surface area (Å²) >= 11 is 1.32. The minimum atomic E-state index is -3.02. The summed E-state index contributed by atoms with van der Waals surface area (Å²) in [6, 6.07) is 7.64. The molecule has 6 heteroatoms. The highest BCUT2D eigenvalue weighted by atomic mass is 32.7. The lowest BCUT2D eigenvalue weighted by atomic mass is 10.1. The Balaban J connectivity index is 2.08. The molecule has 1 aliphatic heterocycles. The standard InChI is InChI=1S/C15H24NO3PS/c1-4-21-20(17,16-15-11-7-9-13(3)18-15)19-14-10-6-5-8-12(14)2/h5-6,8,10,13,15H,4,7,9,11H2,1-3H3,(H,16,17). The van der Waals surface area contributed by atoms with E-state index in [2.05, 4.69) is 5.09 Å². The van der Waals surface area contributed by atoms with E-state index in [0.29, 0.717) is 5.75 Å². The zero-order chi connectivity index (χ0) is 15.3. The first kappa shape index (κ1) is 16.9. The predicted molar refractivity (Wildman–Crippen MR) is 88.9 cm³/mol. The van der Waals surface area contributed by atoms with Gasteiger partial charge in [0.1, 0.15) is 12.0 Å². The van der Waals surface area contributed by atoms with Gasteiger partial charge in [0.2, 0.25) is 0 Å². The van der Waals surface area contributed by atoms with Crippen LogP contribution in [0.1, 0.15) is 38.7 Å².